The number of nitrogens with one attached hydrogen (secondary N) is 1. The molecular formula is C11H14FN3O10. The fraction of sp³-hybridized carbons (Fsp3) is 0.545. The third kappa shape index (κ3) is 2.56. The maximum absolute atomic E-state index is 12.9. The zero-order valence-electron chi connectivity index (χ0n) is 12.2. The maximum atomic E-state index is 12.9. The summed E-state index contributed by atoms with van der Waals surface area (Å²) >= 11 is 0. The summed E-state index contributed by atoms with van der Waals surface area (Å²) in [5, 5.41) is 57.9. The van der Waals surface area contributed by atoms with Gasteiger partial charge in [0.1, 0.15) is 17.8 Å². The molecule has 0 aliphatic carbocycles. The lowest BCUT2D eigenvalue weighted by molar-refractivity contribution is -0.416. The number of hydrogen-bond donors (Lipinski definition) is 7. The van der Waals surface area contributed by atoms with E-state index in [1.54, 1.807) is 0 Å². The van der Waals surface area contributed by atoms with Gasteiger partial charge in [0.2, 0.25) is 5.72 Å². The molecule has 7 N–H and O–H groups in total. The molecule has 1 aromatic rings. The highest BCUT2D eigenvalue weighted by Crippen LogP contribution is 2.42. The van der Waals surface area contributed by atoms with Crippen molar-refractivity contribution in [1.82, 2.24) is 14.6 Å². The van der Waals surface area contributed by atoms with Crippen LogP contribution < -0.4 is 11.2 Å². The van der Waals surface area contributed by atoms with Gasteiger partial charge in [0.25, 0.3) is 5.56 Å². The van der Waals surface area contributed by atoms with Crippen LogP contribution in [0.2, 0.25) is 0 Å². The van der Waals surface area contributed by atoms with Crippen LogP contribution in [0.3, 0.4) is 0 Å². The molecule has 0 radical (unpaired) electrons. The quantitative estimate of drug-likeness (QED) is 0.151. The van der Waals surface area contributed by atoms with Crippen molar-refractivity contribution in [3.8, 4) is 0 Å². The average Bonchev–Trinajstić information content (AvgIpc) is 2.76. The Morgan fingerprint density at radius 2 is 2.04 bits per heavy atom. The van der Waals surface area contributed by atoms with Gasteiger partial charge >= 0.3 is 17.6 Å². The van der Waals surface area contributed by atoms with Gasteiger partial charge in [0.05, 0.1) is 6.61 Å². The van der Waals surface area contributed by atoms with Gasteiger partial charge in [-0.05, 0) is 0 Å². The van der Waals surface area contributed by atoms with E-state index in [0.717, 1.165) is 0 Å². The van der Waals surface area contributed by atoms with Crippen LogP contribution in [0, 0.1) is 0 Å². The van der Waals surface area contributed by atoms with Crippen molar-refractivity contribution in [2.24, 2.45) is 0 Å². The third-order valence-corrected chi connectivity index (χ3v) is 3.75. The smallest absolute Gasteiger partial charge is 0.342 e. The van der Waals surface area contributed by atoms with Crippen molar-refractivity contribution >= 4 is 5.97 Å². The third-order valence-electron chi connectivity index (χ3n) is 3.75. The van der Waals surface area contributed by atoms with E-state index < -0.39 is 65.1 Å². The fourth-order valence-electron chi connectivity index (χ4n) is 2.45. The van der Waals surface area contributed by atoms with Crippen LogP contribution in [0.25, 0.3) is 0 Å². The summed E-state index contributed by atoms with van der Waals surface area (Å²) in [6, 6.07) is 0. The molecule has 140 valence electrons. The Kier molecular flexibility index (Phi) is 4.79. The molecule has 13 nitrogen and oxygen atoms in total. The van der Waals surface area contributed by atoms with Crippen LogP contribution in [0.4, 0.5) is 4.39 Å². The van der Waals surface area contributed by atoms with Gasteiger partial charge in [-0.2, -0.15) is 0 Å². The molecule has 1 aliphatic rings. The number of ether oxygens (including phenoxy) is 1. The number of aromatic nitrogens is 2. The monoisotopic (exact) mass is 367 g/mol. The Labute approximate surface area is 136 Å². The number of carbonyl (C=O) groups is 1. The van der Waals surface area contributed by atoms with Crippen molar-refractivity contribution in [2.75, 3.05) is 13.4 Å². The number of alkyl halides is 1. The number of H-pyrrole nitrogens is 1. The highest BCUT2D eigenvalue weighted by molar-refractivity contribution is 5.86. The second kappa shape index (κ2) is 6.26. The summed E-state index contributed by atoms with van der Waals surface area (Å²) in [6.07, 6.45) is -3.91. The molecule has 1 aliphatic heterocycles. The molecule has 0 amide bonds. The molecule has 4 atom stereocenters. The summed E-state index contributed by atoms with van der Waals surface area (Å²) in [5.41, 5.74) is -7.41. The average molecular weight is 367 g/mol. The standard InChI is InChI=1S/C11H14FN3O10/c12-3-15(24)10(22)6(17)5(2-16)25-11(10,23)14-1-4(8(19)20)7(18)13-9(14)21/h1,5-6,16-17,22-24H,2-3H2,(H,19,20)(H,13,18,21)/t5-,6-,10-,11-/m1/s1. The van der Waals surface area contributed by atoms with Crippen LogP contribution in [-0.2, 0) is 10.6 Å². The van der Waals surface area contributed by atoms with E-state index in [2.05, 4.69) is 0 Å². The van der Waals surface area contributed by atoms with E-state index in [4.69, 9.17) is 14.9 Å². The highest BCUT2D eigenvalue weighted by atomic mass is 19.1. The molecule has 0 unspecified atom stereocenters. The zero-order valence-corrected chi connectivity index (χ0v) is 12.2. The first-order chi connectivity index (χ1) is 11.5. The van der Waals surface area contributed by atoms with E-state index in [1.807, 2.05) is 0 Å². The Hall–Kier alpha value is -2.20. The van der Waals surface area contributed by atoms with Crippen LogP contribution in [0.15, 0.2) is 15.8 Å². The Balaban J connectivity index is 2.78. The lowest BCUT2D eigenvalue weighted by Gasteiger charge is -2.40. The Morgan fingerprint density at radius 1 is 1.44 bits per heavy atom. The minimum Gasteiger partial charge on any atom is -0.477 e. The molecule has 0 aromatic carbocycles. The van der Waals surface area contributed by atoms with Gasteiger partial charge in [-0.25, -0.2) is 18.5 Å². The lowest BCUT2D eigenvalue weighted by atomic mass is 10.0. The number of rotatable bonds is 5. The zero-order chi connectivity index (χ0) is 19.2. The van der Waals surface area contributed by atoms with Crippen LogP contribution >= 0.6 is 0 Å². The van der Waals surface area contributed by atoms with E-state index in [0.29, 0.717) is 0 Å². The molecule has 0 saturated carbocycles. The number of nitrogens with zero attached hydrogens (tertiary/aromatic N) is 2. The first-order valence-corrected chi connectivity index (χ1v) is 6.58. The van der Waals surface area contributed by atoms with Crippen LogP contribution in [0.5, 0.6) is 0 Å². The molecule has 14 heteroatoms. The second-order valence-electron chi connectivity index (χ2n) is 5.11. The SMILES string of the molecule is O=C(O)c1cn([C@]2(O)O[C@H](CO)[C@@H](O)[C@]2(O)N(O)CF)c(=O)[nH]c1=O. The van der Waals surface area contributed by atoms with Gasteiger partial charge in [0, 0.05) is 6.20 Å². The number of halogens is 1. The molecule has 1 aromatic heterocycles. The van der Waals surface area contributed by atoms with Crippen molar-refractivity contribution in [2.45, 2.75) is 23.8 Å². The van der Waals surface area contributed by atoms with E-state index >= 15 is 0 Å². The number of hydrogen-bond acceptors (Lipinski definition) is 10. The van der Waals surface area contributed by atoms with Crippen LogP contribution in [-0.4, -0.2) is 82.7 Å². The van der Waals surface area contributed by atoms with E-state index in [1.165, 1.54) is 4.98 Å². The molecule has 1 saturated heterocycles. The molecule has 2 heterocycles. The number of aliphatic hydroxyl groups excluding tert-OH is 2. The predicted molar refractivity (Wildman–Crippen MR) is 71.0 cm³/mol. The van der Waals surface area contributed by atoms with Crippen molar-refractivity contribution in [1.29, 1.82) is 0 Å². The highest BCUT2D eigenvalue weighted by Gasteiger charge is 2.70. The van der Waals surface area contributed by atoms with E-state index in [9.17, 15) is 39.3 Å². The first kappa shape index (κ1) is 19.1. The summed E-state index contributed by atoms with van der Waals surface area (Å²) in [6.45, 7) is -2.92. The summed E-state index contributed by atoms with van der Waals surface area (Å²) in [5.74, 6) is -5.31. The number of carboxylic acid groups (broad SMARTS) is 1. The minimum absolute atomic E-state index is 0.0738. The molecule has 2 rings (SSSR count). The molecule has 0 spiro atoms. The Bertz CT molecular complexity index is 795. The summed E-state index contributed by atoms with van der Waals surface area (Å²) in [7, 11) is 0. The summed E-state index contributed by atoms with van der Waals surface area (Å²) < 4.78 is 17.6. The fourth-order valence-corrected chi connectivity index (χ4v) is 2.45. The number of hydroxylamine groups is 2. The van der Waals surface area contributed by atoms with Gasteiger partial charge in [0.15, 0.2) is 6.80 Å². The van der Waals surface area contributed by atoms with E-state index in [-0.39, 0.29) is 10.8 Å². The molecular weight excluding hydrogens is 353 g/mol. The molecule has 1 fully saturated rings. The van der Waals surface area contributed by atoms with Crippen LogP contribution in [0.1, 0.15) is 10.4 Å². The van der Waals surface area contributed by atoms with Crippen molar-refractivity contribution in [3.05, 3.63) is 32.6 Å². The molecule has 25 heavy (non-hydrogen) atoms. The van der Waals surface area contributed by atoms with Gasteiger partial charge in [-0.3, -0.25) is 9.78 Å². The first-order valence-electron chi connectivity index (χ1n) is 6.58. The molecule has 0 bridgehead atoms. The van der Waals surface area contributed by atoms with Gasteiger partial charge in [-0.1, -0.05) is 0 Å². The topological polar surface area (TPSA) is 206 Å². The predicted octanol–water partition coefficient (Wildman–Crippen LogP) is -4.10. The number of carboxylic acids is 1. The number of aliphatic hydroxyl groups is 4. The Morgan fingerprint density at radius 3 is 2.52 bits per heavy atom. The number of aromatic amines is 1. The van der Waals surface area contributed by atoms with Crippen molar-refractivity contribution < 1.29 is 44.7 Å². The normalized spacial score (nSPS) is 32.3. The van der Waals surface area contributed by atoms with Gasteiger partial charge in [-0.15, -0.1) is 5.06 Å². The minimum atomic E-state index is -3.48. The largest absolute Gasteiger partial charge is 0.477 e. The maximum Gasteiger partial charge on any atom is 0.342 e. The lowest BCUT2D eigenvalue weighted by Crippen LogP contribution is -2.68. The second-order valence-corrected chi connectivity index (χ2v) is 5.11. The summed E-state index contributed by atoms with van der Waals surface area (Å²) in [4.78, 5) is 35.9. The van der Waals surface area contributed by atoms with Gasteiger partial charge < -0.3 is 35.5 Å². The van der Waals surface area contributed by atoms with Crippen molar-refractivity contribution in [3.63, 3.8) is 0 Å². The number of aromatic carboxylic acids is 1.